The molecule has 1 aliphatic rings. The minimum atomic E-state index is 0.583. The highest BCUT2D eigenvalue weighted by atomic mass is 16.6. The van der Waals surface area contributed by atoms with Crippen LogP contribution in [0.15, 0.2) is 48.8 Å². The van der Waals surface area contributed by atoms with Crippen molar-refractivity contribution >= 4 is 16.7 Å². The zero-order valence-corrected chi connectivity index (χ0v) is 17.1. The van der Waals surface area contributed by atoms with Crippen molar-refractivity contribution in [1.29, 1.82) is 0 Å². The third kappa shape index (κ3) is 5.76. The largest absolute Gasteiger partial charge is 0.377 e. The highest BCUT2D eigenvalue weighted by Gasteiger charge is 2.09. The first-order chi connectivity index (χ1) is 14.9. The van der Waals surface area contributed by atoms with Gasteiger partial charge in [0.15, 0.2) is 0 Å². The van der Waals surface area contributed by atoms with Gasteiger partial charge in [-0.2, -0.15) is 0 Å². The number of rotatable bonds is 2. The molecule has 0 atom stereocenters. The second-order valence-corrected chi connectivity index (χ2v) is 6.91. The van der Waals surface area contributed by atoms with E-state index in [4.69, 9.17) is 18.9 Å². The highest BCUT2D eigenvalue weighted by Crippen LogP contribution is 2.13. The summed E-state index contributed by atoms with van der Waals surface area (Å²) in [5.41, 5.74) is 2.90. The van der Waals surface area contributed by atoms with E-state index < -0.39 is 0 Å². The molecule has 1 saturated heterocycles. The van der Waals surface area contributed by atoms with Crippen LogP contribution in [0.25, 0.3) is 17.0 Å². The average Bonchev–Trinajstić information content (AvgIpc) is 3.21. The van der Waals surface area contributed by atoms with Crippen LogP contribution < -0.4 is 14.5 Å². The van der Waals surface area contributed by atoms with Crippen LogP contribution in [0.2, 0.25) is 0 Å². The first-order valence-corrected chi connectivity index (χ1v) is 10.4. The van der Waals surface area contributed by atoms with Gasteiger partial charge in [-0.3, -0.25) is 4.57 Å². The Bertz CT molecular complexity index is 851. The molecule has 0 amide bonds. The molecule has 1 fully saturated rings. The smallest absolute Gasteiger partial charge is 0.234 e. The lowest BCUT2D eigenvalue weighted by atomic mass is 10.3. The normalized spacial score (nSPS) is 18.1. The molecule has 1 aromatic carbocycles. The summed E-state index contributed by atoms with van der Waals surface area (Å²) in [7, 11) is 0. The van der Waals surface area contributed by atoms with E-state index in [0.29, 0.717) is 58.8 Å². The van der Waals surface area contributed by atoms with E-state index in [9.17, 15) is 0 Å². The van der Waals surface area contributed by atoms with Crippen LogP contribution in [0.3, 0.4) is 0 Å². The Morgan fingerprint density at radius 3 is 1.90 bits per heavy atom. The van der Waals surface area contributed by atoms with Crippen LogP contribution >= 0.6 is 0 Å². The molecule has 30 heavy (non-hydrogen) atoms. The minimum Gasteiger partial charge on any atom is -0.377 e. The van der Waals surface area contributed by atoms with Gasteiger partial charge < -0.3 is 23.8 Å². The molecule has 3 heterocycles. The molecule has 3 aromatic rings. The number of anilines is 1. The predicted octanol–water partition coefficient (Wildman–Crippen LogP) is 1.36. The van der Waals surface area contributed by atoms with Crippen molar-refractivity contribution in [2.45, 2.75) is 0 Å². The third-order valence-corrected chi connectivity index (χ3v) is 4.86. The van der Waals surface area contributed by atoms with E-state index in [1.54, 1.807) is 0 Å². The lowest BCUT2D eigenvalue weighted by Gasteiger charge is -2.25. The van der Waals surface area contributed by atoms with Crippen molar-refractivity contribution < 1.29 is 23.5 Å². The van der Waals surface area contributed by atoms with Gasteiger partial charge in [0.05, 0.1) is 63.9 Å². The first-order valence-electron chi connectivity index (χ1n) is 10.4. The monoisotopic (exact) mass is 412 g/mol. The van der Waals surface area contributed by atoms with Gasteiger partial charge in [-0.25, -0.2) is 9.97 Å². The highest BCUT2D eigenvalue weighted by molar-refractivity contribution is 5.75. The number of aromatic nitrogens is 3. The van der Waals surface area contributed by atoms with E-state index in [0.717, 1.165) is 29.8 Å². The van der Waals surface area contributed by atoms with Crippen molar-refractivity contribution in [3.63, 3.8) is 0 Å². The minimum absolute atomic E-state index is 0.583. The molecule has 0 aliphatic carbocycles. The Morgan fingerprint density at radius 2 is 1.30 bits per heavy atom. The molecule has 0 N–H and O–H groups in total. The van der Waals surface area contributed by atoms with Gasteiger partial charge in [-0.15, -0.1) is 0 Å². The summed E-state index contributed by atoms with van der Waals surface area (Å²) in [5, 5.41) is 0. The molecule has 1 aliphatic heterocycles. The average molecular weight is 412 g/mol. The van der Waals surface area contributed by atoms with Crippen LogP contribution in [0.5, 0.6) is 0 Å². The number of imidazole rings is 1. The zero-order valence-electron chi connectivity index (χ0n) is 17.1. The van der Waals surface area contributed by atoms with Gasteiger partial charge in [0, 0.05) is 31.2 Å². The van der Waals surface area contributed by atoms with Crippen LogP contribution in [-0.4, -0.2) is 70.9 Å². The quantitative estimate of drug-likeness (QED) is 0.589. The SMILES string of the molecule is c1ccc2[n-]c(-[n+]3ccc(N4CCOCCOCCOCCOCC4)cc3)nc2c1. The molecule has 8 nitrogen and oxygen atoms in total. The summed E-state index contributed by atoms with van der Waals surface area (Å²) >= 11 is 0. The van der Waals surface area contributed by atoms with Crippen LogP contribution in [0.1, 0.15) is 0 Å². The summed E-state index contributed by atoms with van der Waals surface area (Å²) in [6.45, 7) is 6.32. The van der Waals surface area contributed by atoms with Crippen molar-refractivity contribution in [2.75, 3.05) is 70.8 Å². The molecule has 2 aromatic heterocycles. The molecule has 0 bridgehead atoms. The second-order valence-electron chi connectivity index (χ2n) is 6.91. The van der Waals surface area contributed by atoms with Gasteiger partial charge in [0.2, 0.25) is 5.95 Å². The molecule has 0 radical (unpaired) electrons. The maximum absolute atomic E-state index is 5.71. The Morgan fingerprint density at radius 1 is 0.733 bits per heavy atom. The number of hydrogen-bond donors (Lipinski definition) is 0. The molecule has 4 rings (SSSR count). The standard InChI is InChI=1S/C22H28N4O4/c1-2-4-21-20(3-1)23-22(24-21)26-7-5-19(6-8-26)25-9-11-27-13-15-29-17-18-30-16-14-28-12-10-25/h1-8H,9-18H2. The summed E-state index contributed by atoms with van der Waals surface area (Å²) in [6.07, 6.45) is 3.98. The van der Waals surface area contributed by atoms with E-state index in [2.05, 4.69) is 27.0 Å². The van der Waals surface area contributed by atoms with Crippen LogP contribution in [-0.2, 0) is 18.9 Å². The fraction of sp³-hybridized carbons (Fsp3) is 0.455. The van der Waals surface area contributed by atoms with E-state index >= 15 is 0 Å². The summed E-state index contributed by atoms with van der Waals surface area (Å²) in [5.74, 6) is 0.673. The number of benzene rings is 1. The first kappa shape index (κ1) is 20.7. The fourth-order valence-corrected chi connectivity index (χ4v) is 3.25. The van der Waals surface area contributed by atoms with E-state index in [1.165, 1.54) is 0 Å². The molecule has 0 unspecified atom stereocenters. The Kier molecular flexibility index (Phi) is 7.63. The topological polar surface area (TPSA) is 71.0 Å². The van der Waals surface area contributed by atoms with Crippen LogP contribution in [0.4, 0.5) is 5.69 Å². The number of hydrogen-bond acceptors (Lipinski definition) is 6. The Balaban J connectivity index is 1.41. The number of nitrogens with zero attached hydrogens (tertiary/aromatic N) is 4. The van der Waals surface area contributed by atoms with Gasteiger partial charge >= 0.3 is 0 Å². The molecule has 0 spiro atoms. The molecule has 160 valence electrons. The van der Waals surface area contributed by atoms with Gasteiger partial charge in [0.25, 0.3) is 0 Å². The number of pyridine rings is 1. The third-order valence-electron chi connectivity index (χ3n) is 4.86. The number of fused-ring (bicyclic) bond motifs is 1. The van der Waals surface area contributed by atoms with E-state index in [-0.39, 0.29) is 0 Å². The molecule has 0 saturated carbocycles. The van der Waals surface area contributed by atoms with E-state index in [1.807, 2.05) is 41.2 Å². The second kappa shape index (κ2) is 11.0. The van der Waals surface area contributed by atoms with Gasteiger partial charge in [0.1, 0.15) is 0 Å². The zero-order chi connectivity index (χ0) is 20.4. The van der Waals surface area contributed by atoms with Crippen molar-refractivity contribution in [1.82, 2.24) is 9.97 Å². The number of para-hydroxylation sites is 2. The maximum Gasteiger partial charge on any atom is 0.234 e. The fourth-order valence-electron chi connectivity index (χ4n) is 3.25. The lowest BCUT2D eigenvalue weighted by Crippen LogP contribution is -2.35. The Labute approximate surface area is 176 Å². The summed E-state index contributed by atoms with van der Waals surface area (Å²) < 4.78 is 24.3. The van der Waals surface area contributed by atoms with Gasteiger partial charge in [-0.1, -0.05) is 12.1 Å². The number of ether oxygens (including phenoxy) is 4. The maximum atomic E-state index is 5.71. The predicted molar refractivity (Wildman–Crippen MR) is 112 cm³/mol. The molecular formula is C22H28N4O4. The van der Waals surface area contributed by atoms with Crippen molar-refractivity contribution in [3.05, 3.63) is 48.8 Å². The van der Waals surface area contributed by atoms with Crippen molar-refractivity contribution in [2.24, 2.45) is 0 Å². The summed E-state index contributed by atoms with van der Waals surface area (Å²) in [4.78, 5) is 11.4. The van der Waals surface area contributed by atoms with Crippen molar-refractivity contribution in [3.8, 4) is 5.95 Å². The Hall–Kier alpha value is -2.52. The lowest BCUT2D eigenvalue weighted by molar-refractivity contribution is -0.603. The summed E-state index contributed by atoms with van der Waals surface area (Å²) in [6, 6.07) is 12.0. The molecule has 8 heteroatoms. The van der Waals surface area contributed by atoms with Crippen LogP contribution in [0, 0.1) is 0 Å². The molecular weight excluding hydrogens is 384 g/mol. The van der Waals surface area contributed by atoms with Gasteiger partial charge in [-0.05, 0) is 24.3 Å².